The van der Waals surface area contributed by atoms with Gasteiger partial charge < -0.3 is 5.73 Å². The van der Waals surface area contributed by atoms with Crippen molar-refractivity contribution in [2.45, 2.75) is 32.2 Å². The van der Waals surface area contributed by atoms with Gasteiger partial charge in [-0.15, -0.1) is 0 Å². The van der Waals surface area contributed by atoms with Crippen LogP contribution >= 0.6 is 0 Å². The van der Waals surface area contributed by atoms with Crippen molar-refractivity contribution in [1.82, 2.24) is 9.55 Å². The molecular formula is C15H15N3O3. The molecule has 1 aliphatic rings. The molecule has 0 bridgehead atoms. The molecule has 6 heteroatoms. The summed E-state index contributed by atoms with van der Waals surface area (Å²) < 4.78 is 24.5. The Morgan fingerprint density at radius 3 is 3.00 bits per heavy atom. The molecule has 1 aromatic carbocycles. The van der Waals surface area contributed by atoms with E-state index in [2.05, 4.69) is 4.98 Å². The number of nitrogens with zero attached hydrogens (tertiary/aromatic N) is 2. The predicted octanol–water partition coefficient (Wildman–Crippen LogP) is 1.15. The van der Waals surface area contributed by atoms with Crippen molar-refractivity contribution < 1.29 is 13.7 Å². The van der Waals surface area contributed by atoms with Crippen molar-refractivity contribution in [3.8, 4) is 0 Å². The van der Waals surface area contributed by atoms with Gasteiger partial charge in [0.1, 0.15) is 11.6 Å². The zero-order valence-corrected chi connectivity index (χ0v) is 11.3. The Morgan fingerprint density at radius 1 is 1.48 bits per heavy atom. The molecule has 1 unspecified atom stereocenters. The molecule has 6 nitrogen and oxygen atoms in total. The van der Waals surface area contributed by atoms with Crippen molar-refractivity contribution in [3.05, 3.63) is 34.4 Å². The second-order valence-corrected chi connectivity index (χ2v) is 4.95. The van der Waals surface area contributed by atoms with Gasteiger partial charge in [-0.25, -0.2) is 4.98 Å². The number of nitrogen functional groups attached to an aromatic ring is 1. The third-order valence-electron chi connectivity index (χ3n) is 3.57. The molecule has 0 saturated heterocycles. The van der Waals surface area contributed by atoms with Gasteiger partial charge in [-0.3, -0.25) is 19.0 Å². The summed E-state index contributed by atoms with van der Waals surface area (Å²) in [5.74, 6) is -1.13. The molecule has 1 fully saturated rings. The van der Waals surface area contributed by atoms with Crippen LogP contribution in [0.5, 0.6) is 0 Å². The van der Waals surface area contributed by atoms with E-state index in [1.807, 2.05) is 0 Å². The number of anilines is 1. The second-order valence-electron chi connectivity index (χ2n) is 4.95. The molecule has 21 heavy (non-hydrogen) atoms. The number of fused-ring (bicyclic) bond motifs is 1. The number of hydrogen-bond acceptors (Lipinski definition) is 5. The molecule has 2 aromatic rings. The van der Waals surface area contributed by atoms with Crippen LogP contribution in [-0.2, 0) is 9.59 Å². The summed E-state index contributed by atoms with van der Waals surface area (Å²) >= 11 is 0. The van der Waals surface area contributed by atoms with E-state index in [0.29, 0.717) is 0 Å². The number of benzene rings is 1. The number of carbonyl (C=O) groups is 2. The van der Waals surface area contributed by atoms with Gasteiger partial charge in [0.25, 0.3) is 5.56 Å². The van der Waals surface area contributed by atoms with E-state index in [1.165, 1.54) is 19.1 Å². The molecule has 0 radical (unpaired) electrons. The highest BCUT2D eigenvalue weighted by Crippen LogP contribution is 2.24. The molecule has 1 aliphatic carbocycles. The minimum absolute atomic E-state index is 0.0263. The van der Waals surface area contributed by atoms with Gasteiger partial charge in [-0.1, -0.05) is 6.07 Å². The lowest BCUT2D eigenvalue weighted by atomic mass is 9.92. The summed E-state index contributed by atoms with van der Waals surface area (Å²) in [6, 6.07) is 1.76. The van der Waals surface area contributed by atoms with Crippen molar-refractivity contribution in [3.63, 3.8) is 0 Å². The molecular weight excluding hydrogens is 270 g/mol. The molecule has 1 heterocycles. The smallest absolute Gasteiger partial charge is 0.264 e. The minimum atomic E-state index is -2.18. The van der Waals surface area contributed by atoms with E-state index in [4.69, 9.17) is 9.85 Å². The Bertz CT molecular complexity index is 952. The standard InChI is InChI=1S/C15H15N3O3/c1-8-17-11-4-2-3-10(16)14(11)15(21)18(8)12-6-5-9(19)7-13(12)20/h2-4,12H,5-7,16H2,1H3/i4D,5D2. The lowest BCUT2D eigenvalue weighted by Gasteiger charge is -2.24. The van der Waals surface area contributed by atoms with Gasteiger partial charge in [-0.2, -0.15) is 0 Å². The molecule has 1 atom stereocenters. The van der Waals surface area contributed by atoms with Crippen molar-refractivity contribution >= 4 is 28.2 Å². The third-order valence-corrected chi connectivity index (χ3v) is 3.57. The Labute approximate surface area is 124 Å². The van der Waals surface area contributed by atoms with Crippen LogP contribution in [-0.4, -0.2) is 21.1 Å². The summed E-state index contributed by atoms with van der Waals surface area (Å²) in [6.07, 6.45) is -3.16. The van der Waals surface area contributed by atoms with Crippen LogP contribution in [0.4, 0.5) is 5.69 Å². The van der Waals surface area contributed by atoms with Crippen LogP contribution in [0.2, 0.25) is 0 Å². The number of nitrogens with two attached hydrogens (primary N) is 1. The molecule has 0 amide bonds. The first-order valence-corrected chi connectivity index (χ1v) is 6.47. The van der Waals surface area contributed by atoms with E-state index in [1.54, 1.807) is 0 Å². The van der Waals surface area contributed by atoms with Crippen LogP contribution in [0.25, 0.3) is 10.9 Å². The highest BCUT2D eigenvalue weighted by molar-refractivity contribution is 6.03. The summed E-state index contributed by atoms with van der Waals surface area (Å²) in [5.41, 5.74) is 5.50. The van der Waals surface area contributed by atoms with Gasteiger partial charge in [0.2, 0.25) is 0 Å². The largest absolute Gasteiger partial charge is 0.398 e. The molecule has 0 aliphatic heterocycles. The number of hydrogen-bond donors (Lipinski definition) is 1. The predicted molar refractivity (Wildman–Crippen MR) is 78.1 cm³/mol. The molecule has 1 saturated carbocycles. The molecule has 0 spiro atoms. The van der Waals surface area contributed by atoms with E-state index in [9.17, 15) is 14.4 Å². The van der Waals surface area contributed by atoms with E-state index >= 15 is 0 Å². The highest BCUT2D eigenvalue weighted by Gasteiger charge is 2.30. The monoisotopic (exact) mass is 288 g/mol. The van der Waals surface area contributed by atoms with Crippen molar-refractivity contribution in [1.29, 1.82) is 0 Å². The lowest BCUT2D eigenvalue weighted by molar-refractivity contribution is -0.132. The number of rotatable bonds is 1. The Balaban J connectivity index is 2.28. The quantitative estimate of drug-likeness (QED) is 0.627. The van der Waals surface area contributed by atoms with Gasteiger partial charge in [-0.05, 0) is 25.5 Å². The Kier molecular flexibility index (Phi) is 2.35. The average Bonchev–Trinajstić information content (AvgIpc) is 2.48. The number of Topliss-reactive ketones (excluding diaryl/α,β-unsaturated/α-hetero) is 2. The van der Waals surface area contributed by atoms with Crippen LogP contribution < -0.4 is 11.3 Å². The molecule has 2 N–H and O–H groups in total. The number of aryl methyl sites for hydroxylation is 1. The van der Waals surface area contributed by atoms with Gasteiger partial charge >= 0.3 is 0 Å². The Hall–Kier alpha value is -2.50. The van der Waals surface area contributed by atoms with Crippen LogP contribution in [0.3, 0.4) is 0 Å². The minimum Gasteiger partial charge on any atom is -0.398 e. The zero-order chi connectivity index (χ0) is 17.8. The maximum Gasteiger partial charge on any atom is 0.264 e. The van der Waals surface area contributed by atoms with Gasteiger partial charge in [0, 0.05) is 14.8 Å². The van der Waals surface area contributed by atoms with Crippen LogP contribution in [0.1, 0.15) is 35.2 Å². The molecule has 3 rings (SSSR count). The maximum absolute atomic E-state index is 12.9. The number of carbonyl (C=O) groups excluding carboxylic acids is 2. The SMILES string of the molecule is [2H]c1ccc(N)c2c(=O)n(C3CC([2H])([2H])C(=O)CC3=O)c(C)nc12. The average molecular weight is 288 g/mol. The fraction of sp³-hybridized carbons (Fsp3) is 0.333. The normalized spacial score (nSPS) is 23.7. The van der Waals surface area contributed by atoms with E-state index in [0.717, 1.165) is 4.57 Å². The third kappa shape index (κ3) is 2.12. The van der Waals surface area contributed by atoms with E-state index < -0.39 is 42.4 Å². The van der Waals surface area contributed by atoms with E-state index in [-0.39, 0.29) is 28.5 Å². The number of ketones is 2. The number of aromatic nitrogens is 2. The van der Waals surface area contributed by atoms with Gasteiger partial charge in [0.15, 0.2) is 5.78 Å². The fourth-order valence-electron chi connectivity index (χ4n) is 2.56. The summed E-state index contributed by atoms with van der Waals surface area (Å²) in [6.45, 7) is 1.50. The first-order chi connectivity index (χ1) is 11.1. The summed E-state index contributed by atoms with van der Waals surface area (Å²) in [5, 5.41) is 0.0263. The van der Waals surface area contributed by atoms with Crippen LogP contribution in [0.15, 0.2) is 23.0 Å². The molecule has 1 aromatic heterocycles. The first-order valence-electron chi connectivity index (χ1n) is 7.97. The maximum atomic E-state index is 12.9. The topological polar surface area (TPSA) is 95.0 Å². The highest BCUT2D eigenvalue weighted by atomic mass is 16.2. The summed E-state index contributed by atoms with van der Waals surface area (Å²) in [7, 11) is 0. The van der Waals surface area contributed by atoms with Crippen LogP contribution in [0, 0.1) is 6.92 Å². The summed E-state index contributed by atoms with van der Waals surface area (Å²) in [4.78, 5) is 41.0. The lowest BCUT2D eigenvalue weighted by Crippen LogP contribution is -2.36. The first kappa shape index (κ1) is 10.3. The Morgan fingerprint density at radius 2 is 2.24 bits per heavy atom. The zero-order valence-electron chi connectivity index (χ0n) is 14.3. The molecule has 108 valence electrons. The second kappa shape index (κ2) is 4.80. The van der Waals surface area contributed by atoms with Crippen molar-refractivity contribution in [2.24, 2.45) is 0 Å². The van der Waals surface area contributed by atoms with Crippen molar-refractivity contribution in [2.75, 3.05) is 5.73 Å². The fourth-order valence-corrected chi connectivity index (χ4v) is 2.56. The van der Waals surface area contributed by atoms with Gasteiger partial charge in [0.05, 0.1) is 24.7 Å².